The van der Waals surface area contributed by atoms with E-state index in [4.69, 9.17) is 0 Å². The van der Waals surface area contributed by atoms with Gasteiger partial charge in [0.2, 0.25) is 11.8 Å². The first kappa shape index (κ1) is 28.2. The van der Waals surface area contributed by atoms with Crippen LogP contribution in [0.4, 0.5) is 14.5 Å². The number of halogens is 2. The summed E-state index contributed by atoms with van der Waals surface area (Å²) in [7, 11) is -1.55. The Kier molecular flexibility index (Phi) is 10.1. The molecule has 11 heteroatoms. The molecule has 0 saturated carbocycles. The minimum Gasteiger partial charge on any atom is -0.354 e. The van der Waals surface area contributed by atoms with Crippen molar-refractivity contribution in [3.8, 4) is 0 Å². The van der Waals surface area contributed by atoms with Crippen molar-refractivity contribution in [1.29, 1.82) is 0 Å². The molecule has 0 bridgehead atoms. The van der Waals surface area contributed by atoms with E-state index in [9.17, 15) is 26.8 Å². The molecule has 0 fully saturated rings. The van der Waals surface area contributed by atoms with Crippen molar-refractivity contribution in [2.45, 2.75) is 39.3 Å². The minimum absolute atomic E-state index is 0.0688. The van der Waals surface area contributed by atoms with Crippen LogP contribution in [-0.4, -0.2) is 62.7 Å². The molecule has 0 aromatic heterocycles. The molecule has 0 radical (unpaired) electrons. The second kappa shape index (κ2) is 12.6. The molecule has 0 saturated heterocycles. The van der Waals surface area contributed by atoms with Crippen LogP contribution >= 0.6 is 0 Å². The van der Waals surface area contributed by atoms with Crippen molar-refractivity contribution in [3.63, 3.8) is 0 Å². The molecular weight excluding hydrogens is 478 g/mol. The molecule has 8 nitrogen and oxygen atoms in total. The maximum atomic E-state index is 14.4. The van der Waals surface area contributed by atoms with Crippen LogP contribution in [0, 0.1) is 11.6 Å². The summed E-state index contributed by atoms with van der Waals surface area (Å²) in [6, 6.07) is 9.49. The molecule has 2 amide bonds. The zero-order chi connectivity index (χ0) is 26.2. The first-order valence-electron chi connectivity index (χ1n) is 11.2. The van der Waals surface area contributed by atoms with E-state index in [1.807, 2.05) is 6.92 Å². The number of unbranched alkanes of at least 4 members (excludes halogenated alkanes) is 1. The number of nitrogens with one attached hydrogen (secondary N) is 1. The summed E-state index contributed by atoms with van der Waals surface area (Å²) in [5, 5.41) is 2.75. The first-order valence-corrected chi connectivity index (χ1v) is 12.6. The summed E-state index contributed by atoms with van der Waals surface area (Å²) in [4.78, 5) is 27.4. The number of hydrogen-bond acceptors (Lipinski definition) is 4. The highest BCUT2D eigenvalue weighted by Gasteiger charge is 2.32. The van der Waals surface area contributed by atoms with E-state index in [2.05, 4.69) is 5.32 Å². The van der Waals surface area contributed by atoms with Gasteiger partial charge in [0.05, 0.1) is 5.69 Å². The Morgan fingerprint density at radius 2 is 1.66 bits per heavy atom. The Labute approximate surface area is 205 Å². The van der Waals surface area contributed by atoms with Crippen molar-refractivity contribution >= 4 is 27.7 Å². The lowest BCUT2D eigenvalue weighted by molar-refractivity contribution is -0.139. The van der Waals surface area contributed by atoms with Gasteiger partial charge in [0.25, 0.3) is 0 Å². The molecule has 1 atom stereocenters. The van der Waals surface area contributed by atoms with E-state index in [0.29, 0.717) is 6.54 Å². The van der Waals surface area contributed by atoms with Gasteiger partial charge >= 0.3 is 10.2 Å². The Bertz CT molecular complexity index is 1110. The Balaban J connectivity index is 2.42. The van der Waals surface area contributed by atoms with Gasteiger partial charge in [-0.25, -0.2) is 13.1 Å². The van der Waals surface area contributed by atoms with Crippen molar-refractivity contribution in [2.24, 2.45) is 0 Å². The predicted molar refractivity (Wildman–Crippen MR) is 131 cm³/mol. The second-order valence-corrected chi connectivity index (χ2v) is 10.3. The maximum Gasteiger partial charge on any atom is 0.304 e. The van der Waals surface area contributed by atoms with E-state index in [1.54, 1.807) is 6.07 Å². The van der Waals surface area contributed by atoms with Crippen molar-refractivity contribution < 1.29 is 26.8 Å². The van der Waals surface area contributed by atoms with Crippen molar-refractivity contribution in [3.05, 3.63) is 65.7 Å². The van der Waals surface area contributed by atoms with Gasteiger partial charge in [-0.1, -0.05) is 31.5 Å². The van der Waals surface area contributed by atoms with Gasteiger partial charge in [0.1, 0.15) is 24.2 Å². The van der Waals surface area contributed by atoms with Crippen LogP contribution in [0.2, 0.25) is 0 Å². The molecule has 2 rings (SSSR count). The zero-order valence-electron chi connectivity index (χ0n) is 20.4. The summed E-state index contributed by atoms with van der Waals surface area (Å²) in [5.74, 6) is -2.28. The van der Waals surface area contributed by atoms with Gasteiger partial charge in [0, 0.05) is 32.7 Å². The van der Waals surface area contributed by atoms with Crippen LogP contribution < -0.4 is 9.62 Å². The number of anilines is 1. The van der Waals surface area contributed by atoms with Crippen LogP contribution in [-0.2, 0) is 26.3 Å². The third-order valence-corrected chi connectivity index (χ3v) is 7.25. The number of rotatable bonds is 12. The van der Waals surface area contributed by atoms with Crippen LogP contribution in [0.25, 0.3) is 0 Å². The molecule has 0 aliphatic heterocycles. The highest BCUT2D eigenvalue weighted by molar-refractivity contribution is 7.90. The standard InChI is InChI=1S/C24H32F2N4O4S/c1-5-6-15-27-24(32)18(2)29(16-19-9-7-8-10-22(19)26)23(31)17-30(35(33,34)28(3)4)21-13-11-20(25)12-14-21/h7-14,18H,5-6,15-17H2,1-4H3,(H,27,32). The van der Waals surface area contributed by atoms with Gasteiger partial charge in [-0.2, -0.15) is 12.7 Å². The summed E-state index contributed by atoms with van der Waals surface area (Å²) in [6.45, 7) is 2.97. The lowest BCUT2D eigenvalue weighted by Crippen LogP contribution is -2.52. The molecule has 35 heavy (non-hydrogen) atoms. The Morgan fingerprint density at radius 3 is 2.23 bits per heavy atom. The van der Waals surface area contributed by atoms with Crippen LogP contribution in [0.1, 0.15) is 32.3 Å². The van der Waals surface area contributed by atoms with Gasteiger partial charge in [-0.3, -0.25) is 9.59 Å². The van der Waals surface area contributed by atoms with E-state index < -0.39 is 46.2 Å². The van der Waals surface area contributed by atoms with Gasteiger partial charge in [-0.05, 0) is 43.7 Å². The number of hydrogen-bond donors (Lipinski definition) is 1. The molecule has 0 spiro atoms. The van der Waals surface area contributed by atoms with E-state index >= 15 is 0 Å². The first-order chi connectivity index (χ1) is 16.5. The number of carbonyl (C=O) groups excluding carboxylic acids is 2. The van der Waals surface area contributed by atoms with Crippen LogP contribution in [0.5, 0.6) is 0 Å². The molecule has 0 aliphatic rings. The maximum absolute atomic E-state index is 14.4. The van der Waals surface area contributed by atoms with Gasteiger partial charge in [-0.15, -0.1) is 0 Å². The number of benzene rings is 2. The Hall–Kier alpha value is -3.05. The SMILES string of the molecule is CCCCNC(=O)C(C)N(Cc1ccccc1F)C(=O)CN(c1ccc(F)cc1)S(=O)(=O)N(C)C. The number of amides is 2. The molecule has 2 aromatic carbocycles. The quantitative estimate of drug-likeness (QED) is 0.445. The van der Waals surface area contributed by atoms with E-state index in [0.717, 1.165) is 38.5 Å². The van der Waals surface area contributed by atoms with Crippen LogP contribution in [0.3, 0.4) is 0 Å². The summed E-state index contributed by atoms with van der Waals surface area (Å²) in [6.07, 6.45) is 1.61. The Morgan fingerprint density at radius 1 is 1.03 bits per heavy atom. The topological polar surface area (TPSA) is 90.0 Å². The molecule has 0 heterocycles. The lowest BCUT2D eigenvalue weighted by atomic mass is 10.1. The third-order valence-electron chi connectivity index (χ3n) is 5.43. The summed E-state index contributed by atoms with van der Waals surface area (Å²) < 4.78 is 55.6. The highest BCUT2D eigenvalue weighted by atomic mass is 32.2. The van der Waals surface area contributed by atoms with Gasteiger partial charge in [0.15, 0.2) is 0 Å². The number of carbonyl (C=O) groups is 2. The fourth-order valence-electron chi connectivity index (χ4n) is 3.25. The fraction of sp³-hybridized carbons (Fsp3) is 0.417. The molecule has 0 aliphatic carbocycles. The average molecular weight is 511 g/mol. The molecule has 1 N–H and O–H groups in total. The number of nitrogens with zero attached hydrogens (tertiary/aromatic N) is 3. The summed E-state index contributed by atoms with van der Waals surface area (Å²) in [5.41, 5.74) is 0.247. The molecule has 1 unspecified atom stereocenters. The van der Waals surface area contributed by atoms with Crippen molar-refractivity contribution in [1.82, 2.24) is 14.5 Å². The summed E-state index contributed by atoms with van der Waals surface area (Å²) >= 11 is 0. The molecular formula is C24H32F2N4O4S. The van der Waals surface area contributed by atoms with Gasteiger partial charge < -0.3 is 10.2 Å². The zero-order valence-corrected chi connectivity index (χ0v) is 21.2. The smallest absolute Gasteiger partial charge is 0.304 e. The van der Waals surface area contributed by atoms with E-state index in [1.165, 1.54) is 51.4 Å². The third kappa shape index (κ3) is 7.46. The lowest BCUT2D eigenvalue weighted by Gasteiger charge is -2.32. The minimum atomic E-state index is -4.16. The molecule has 192 valence electrons. The highest BCUT2D eigenvalue weighted by Crippen LogP contribution is 2.21. The molecule has 2 aromatic rings. The van der Waals surface area contributed by atoms with Crippen LogP contribution in [0.15, 0.2) is 48.5 Å². The van der Waals surface area contributed by atoms with E-state index in [-0.39, 0.29) is 17.8 Å². The monoisotopic (exact) mass is 510 g/mol. The largest absolute Gasteiger partial charge is 0.354 e. The second-order valence-electron chi connectivity index (χ2n) is 8.21. The average Bonchev–Trinajstić information content (AvgIpc) is 2.82. The predicted octanol–water partition coefficient (Wildman–Crippen LogP) is 2.91. The fourth-order valence-corrected chi connectivity index (χ4v) is 4.31. The normalized spacial score (nSPS) is 12.3. The van der Waals surface area contributed by atoms with Crippen molar-refractivity contribution in [2.75, 3.05) is 31.5 Å².